The highest BCUT2D eigenvalue weighted by Gasteiger charge is 2.24. The third-order valence-electron chi connectivity index (χ3n) is 2.34. The van der Waals surface area contributed by atoms with Crippen molar-refractivity contribution in [2.24, 2.45) is 0 Å². The van der Waals surface area contributed by atoms with Crippen LogP contribution in [0.1, 0.15) is 24.2 Å². The van der Waals surface area contributed by atoms with E-state index in [9.17, 15) is 0 Å². The molecule has 11 heavy (non-hydrogen) atoms. The maximum absolute atomic E-state index is 4.21. The van der Waals surface area contributed by atoms with Gasteiger partial charge in [0.2, 0.25) is 0 Å². The average molecular weight is 149 g/mol. The topological polar surface area (TPSA) is 29.0 Å². The van der Waals surface area contributed by atoms with E-state index in [-0.39, 0.29) is 0 Å². The Kier molecular flexibility index (Phi) is 1.39. The van der Waals surface area contributed by atoms with Crippen LogP contribution in [0.3, 0.4) is 0 Å². The van der Waals surface area contributed by atoms with Crippen LogP contribution in [0.4, 0.5) is 0 Å². The molecule has 2 heterocycles. The molecule has 3 nitrogen and oxygen atoms in total. The predicted octanol–water partition coefficient (Wildman–Crippen LogP) is 0.983. The molecule has 0 aromatic carbocycles. The molecule has 1 atom stereocenters. The summed E-state index contributed by atoms with van der Waals surface area (Å²) in [5, 5.41) is 0. The molecule has 0 aliphatic carbocycles. The molecule has 1 unspecified atom stereocenters. The van der Waals surface area contributed by atoms with Crippen molar-refractivity contribution < 1.29 is 0 Å². The Morgan fingerprint density at radius 3 is 3.18 bits per heavy atom. The second-order valence-electron chi connectivity index (χ2n) is 3.02. The zero-order valence-electron chi connectivity index (χ0n) is 6.78. The van der Waals surface area contributed by atoms with Gasteiger partial charge in [0, 0.05) is 24.3 Å². The summed E-state index contributed by atoms with van der Waals surface area (Å²) in [6.45, 7) is 3.13. The van der Waals surface area contributed by atoms with Crippen LogP contribution < -0.4 is 0 Å². The Morgan fingerprint density at radius 1 is 1.64 bits per heavy atom. The number of aromatic nitrogens is 2. The van der Waals surface area contributed by atoms with Crippen molar-refractivity contribution in [2.45, 2.75) is 19.5 Å². The van der Waals surface area contributed by atoms with Crippen molar-refractivity contribution in [3.8, 4) is 0 Å². The minimum Gasteiger partial charge on any atom is -0.294 e. The largest absolute Gasteiger partial charge is 0.294 e. The van der Waals surface area contributed by atoms with E-state index in [1.165, 1.54) is 11.3 Å². The van der Waals surface area contributed by atoms with Crippen LogP contribution in [0.5, 0.6) is 0 Å². The first-order valence-electron chi connectivity index (χ1n) is 3.78. The van der Waals surface area contributed by atoms with Gasteiger partial charge < -0.3 is 0 Å². The summed E-state index contributed by atoms with van der Waals surface area (Å²) in [4.78, 5) is 10.5. The van der Waals surface area contributed by atoms with Crippen molar-refractivity contribution in [2.75, 3.05) is 7.05 Å². The van der Waals surface area contributed by atoms with Gasteiger partial charge in [-0.3, -0.25) is 4.90 Å². The lowest BCUT2D eigenvalue weighted by molar-refractivity contribution is 0.285. The normalized spacial score (nSPS) is 23.6. The first-order chi connectivity index (χ1) is 5.29. The fraction of sp³-hybridized carbons (Fsp3) is 0.500. The Bertz CT molecular complexity index is 272. The highest BCUT2D eigenvalue weighted by atomic mass is 15.2. The van der Waals surface area contributed by atoms with Crippen LogP contribution in [-0.2, 0) is 6.54 Å². The highest BCUT2D eigenvalue weighted by Crippen LogP contribution is 2.28. The summed E-state index contributed by atoms with van der Waals surface area (Å²) in [7, 11) is 2.10. The zero-order chi connectivity index (χ0) is 7.84. The van der Waals surface area contributed by atoms with Crippen molar-refractivity contribution >= 4 is 0 Å². The van der Waals surface area contributed by atoms with Crippen LogP contribution in [0.2, 0.25) is 0 Å². The monoisotopic (exact) mass is 149 g/mol. The van der Waals surface area contributed by atoms with Gasteiger partial charge in [0.25, 0.3) is 0 Å². The number of hydrogen-bond acceptors (Lipinski definition) is 3. The molecule has 2 rings (SSSR count). The van der Waals surface area contributed by atoms with Gasteiger partial charge in [0.15, 0.2) is 0 Å². The van der Waals surface area contributed by atoms with Crippen LogP contribution in [0, 0.1) is 0 Å². The number of nitrogens with zero attached hydrogens (tertiary/aromatic N) is 3. The number of rotatable bonds is 0. The molecule has 1 aromatic rings. The molecule has 0 saturated heterocycles. The van der Waals surface area contributed by atoms with Crippen LogP contribution in [0.25, 0.3) is 0 Å². The molecule has 0 saturated carbocycles. The lowest BCUT2D eigenvalue weighted by Gasteiger charge is -2.13. The van der Waals surface area contributed by atoms with Gasteiger partial charge in [-0.15, -0.1) is 0 Å². The molecule has 0 bridgehead atoms. The first-order valence-corrected chi connectivity index (χ1v) is 3.78. The summed E-state index contributed by atoms with van der Waals surface area (Å²) in [6, 6.07) is 0.478. The number of hydrogen-bond donors (Lipinski definition) is 0. The molecule has 3 heteroatoms. The minimum absolute atomic E-state index is 0.478. The van der Waals surface area contributed by atoms with Gasteiger partial charge in [-0.05, 0) is 14.0 Å². The van der Waals surface area contributed by atoms with E-state index in [4.69, 9.17) is 0 Å². The third kappa shape index (κ3) is 0.922. The molecule has 1 aromatic heterocycles. The lowest BCUT2D eigenvalue weighted by atomic mass is 10.2. The summed E-state index contributed by atoms with van der Waals surface area (Å²) >= 11 is 0. The minimum atomic E-state index is 0.478. The molecule has 0 N–H and O–H groups in total. The SMILES string of the molecule is CC1c2cncnc2CN1C. The van der Waals surface area contributed by atoms with E-state index in [1.54, 1.807) is 6.33 Å². The fourth-order valence-corrected chi connectivity index (χ4v) is 1.46. The summed E-state index contributed by atoms with van der Waals surface area (Å²) in [5.41, 5.74) is 2.45. The van der Waals surface area contributed by atoms with Gasteiger partial charge in [-0.1, -0.05) is 0 Å². The van der Waals surface area contributed by atoms with E-state index in [0.29, 0.717) is 6.04 Å². The van der Waals surface area contributed by atoms with Gasteiger partial charge >= 0.3 is 0 Å². The molecular formula is C8H11N3. The highest BCUT2D eigenvalue weighted by molar-refractivity contribution is 5.24. The molecule has 1 aliphatic heterocycles. The molecule has 58 valence electrons. The summed E-state index contributed by atoms with van der Waals surface area (Å²) in [5.74, 6) is 0. The molecule has 0 spiro atoms. The summed E-state index contributed by atoms with van der Waals surface area (Å²) in [6.07, 6.45) is 3.53. The van der Waals surface area contributed by atoms with E-state index in [0.717, 1.165) is 6.54 Å². The van der Waals surface area contributed by atoms with Crippen LogP contribution in [-0.4, -0.2) is 21.9 Å². The van der Waals surface area contributed by atoms with E-state index >= 15 is 0 Å². The smallest absolute Gasteiger partial charge is 0.115 e. The first kappa shape index (κ1) is 6.73. The lowest BCUT2D eigenvalue weighted by Crippen LogP contribution is -2.12. The molecular weight excluding hydrogens is 138 g/mol. The van der Waals surface area contributed by atoms with Crippen molar-refractivity contribution in [1.82, 2.24) is 14.9 Å². The van der Waals surface area contributed by atoms with Crippen molar-refractivity contribution in [3.63, 3.8) is 0 Å². The van der Waals surface area contributed by atoms with Gasteiger partial charge in [-0.2, -0.15) is 0 Å². The Labute approximate surface area is 66.1 Å². The Balaban J connectivity index is 2.47. The van der Waals surface area contributed by atoms with Crippen LogP contribution >= 0.6 is 0 Å². The zero-order valence-corrected chi connectivity index (χ0v) is 6.78. The molecule has 0 amide bonds. The Morgan fingerprint density at radius 2 is 2.45 bits per heavy atom. The van der Waals surface area contributed by atoms with E-state index < -0.39 is 0 Å². The van der Waals surface area contributed by atoms with Gasteiger partial charge in [0.05, 0.1) is 5.69 Å². The Hall–Kier alpha value is -0.960. The van der Waals surface area contributed by atoms with E-state index in [1.807, 2.05) is 6.20 Å². The maximum Gasteiger partial charge on any atom is 0.115 e. The molecule has 0 radical (unpaired) electrons. The number of fused-ring (bicyclic) bond motifs is 1. The summed E-state index contributed by atoms with van der Waals surface area (Å²) < 4.78 is 0. The fourth-order valence-electron chi connectivity index (χ4n) is 1.46. The molecule has 1 aliphatic rings. The quantitative estimate of drug-likeness (QED) is 0.550. The average Bonchev–Trinajstić information content (AvgIpc) is 2.30. The van der Waals surface area contributed by atoms with Crippen molar-refractivity contribution in [3.05, 3.63) is 23.8 Å². The van der Waals surface area contributed by atoms with Gasteiger partial charge in [-0.25, -0.2) is 9.97 Å². The maximum atomic E-state index is 4.21. The van der Waals surface area contributed by atoms with Gasteiger partial charge in [0.1, 0.15) is 6.33 Å². The molecule has 0 fully saturated rings. The standard InChI is InChI=1S/C8H11N3/c1-6-7-3-9-5-10-8(7)4-11(6)2/h3,5-6H,4H2,1-2H3. The predicted molar refractivity (Wildman–Crippen MR) is 41.9 cm³/mol. The van der Waals surface area contributed by atoms with Crippen molar-refractivity contribution in [1.29, 1.82) is 0 Å². The second-order valence-corrected chi connectivity index (χ2v) is 3.02. The third-order valence-corrected chi connectivity index (χ3v) is 2.34. The van der Waals surface area contributed by atoms with E-state index in [2.05, 4.69) is 28.8 Å². The second kappa shape index (κ2) is 2.27. The van der Waals surface area contributed by atoms with Crippen LogP contribution in [0.15, 0.2) is 12.5 Å².